The summed E-state index contributed by atoms with van der Waals surface area (Å²) in [5.41, 5.74) is 1.60. The number of carbonyl (C=O) groups is 1. The molecule has 0 aliphatic carbocycles. The molecule has 0 atom stereocenters. The fraction of sp³-hybridized carbons (Fsp3) is 0.500. The van der Waals surface area contributed by atoms with Crippen molar-refractivity contribution in [3.8, 4) is 5.69 Å². The summed E-state index contributed by atoms with van der Waals surface area (Å²) in [4.78, 5) is 34.1. The number of carbonyl (C=O) groups excluding carboxylic acids is 1. The van der Waals surface area contributed by atoms with Crippen LogP contribution in [0.2, 0.25) is 0 Å². The second-order valence-corrected chi connectivity index (χ2v) is 8.41. The van der Waals surface area contributed by atoms with E-state index in [-0.39, 0.29) is 16.9 Å². The molecule has 0 radical (unpaired) electrons. The number of benzene rings is 1. The normalized spacial score (nSPS) is 14.9. The molecule has 0 unspecified atom stereocenters. The van der Waals surface area contributed by atoms with Crippen LogP contribution in [0.1, 0.15) is 49.9 Å². The van der Waals surface area contributed by atoms with Gasteiger partial charge in [0.15, 0.2) is 5.82 Å². The second-order valence-electron chi connectivity index (χ2n) is 8.41. The molecule has 2 heterocycles. The molecule has 178 valence electrons. The molecular formula is C24H34N6O3. The van der Waals surface area contributed by atoms with Crippen LogP contribution in [0.15, 0.2) is 55.0 Å². The maximum atomic E-state index is 13.1. The summed E-state index contributed by atoms with van der Waals surface area (Å²) < 4.78 is 1.89. The summed E-state index contributed by atoms with van der Waals surface area (Å²) in [7, 11) is 1.85. The van der Waals surface area contributed by atoms with E-state index in [1.807, 2.05) is 47.0 Å². The lowest BCUT2D eigenvalue weighted by molar-refractivity contribution is -0.405. The van der Waals surface area contributed by atoms with E-state index < -0.39 is 0 Å². The zero-order chi connectivity index (χ0) is 23.8. The Balaban J connectivity index is 1.63. The summed E-state index contributed by atoms with van der Waals surface area (Å²) in [6, 6.07) is 7.61. The van der Waals surface area contributed by atoms with E-state index in [0.29, 0.717) is 24.5 Å². The zero-order valence-corrected chi connectivity index (χ0v) is 19.8. The summed E-state index contributed by atoms with van der Waals surface area (Å²) >= 11 is 0. The molecule has 9 heteroatoms. The second kappa shape index (κ2) is 11.5. The first-order valence-electron chi connectivity index (χ1n) is 11.6. The topological polar surface area (TPSA) is 87.8 Å². The Labute approximate surface area is 195 Å². The molecule has 1 aliphatic heterocycles. The van der Waals surface area contributed by atoms with Gasteiger partial charge < -0.3 is 19.3 Å². The molecule has 1 saturated heterocycles. The standard InChI is InChI=1S/C24H34N6O3/c1-4-13-27(14-5-2)23(18-30(32)33)28-15-10-21(11-16-28)26(3)24(31)20-6-8-22(9-7-20)29-17-12-25-19-29/h6-9,12,17-19,21H,4-5,10-11,13-16H2,1-3H3. The number of piperidine rings is 1. The van der Waals surface area contributed by atoms with E-state index in [1.54, 1.807) is 12.5 Å². The predicted octanol–water partition coefficient (Wildman–Crippen LogP) is 3.61. The van der Waals surface area contributed by atoms with Gasteiger partial charge in [0.25, 0.3) is 12.1 Å². The Morgan fingerprint density at radius 1 is 1.18 bits per heavy atom. The molecule has 1 fully saturated rings. The molecular weight excluding hydrogens is 420 g/mol. The van der Waals surface area contributed by atoms with Gasteiger partial charge in [-0.1, -0.05) is 13.8 Å². The van der Waals surface area contributed by atoms with Gasteiger partial charge in [-0.25, -0.2) is 4.98 Å². The Kier molecular flexibility index (Phi) is 8.46. The zero-order valence-electron chi connectivity index (χ0n) is 19.8. The lowest BCUT2D eigenvalue weighted by Gasteiger charge is -2.41. The highest BCUT2D eigenvalue weighted by Gasteiger charge is 2.29. The van der Waals surface area contributed by atoms with Crippen LogP contribution < -0.4 is 0 Å². The van der Waals surface area contributed by atoms with Crippen molar-refractivity contribution in [3.63, 3.8) is 0 Å². The van der Waals surface area contributed by atoms with Gasteiger partial charge in [0, 0.05) is 62.9 Å². The molecule has 2 aromatic rings. The maximum Gasteiger partial charge on any atom is 0.274 e. The monoisotopic (exact) mass is 454 g/mol. The molecule has 0 N–H and O–H groups in total. The van der Waals surface area contributed by atoms with E-state index in [0.717, 1.165) is 50.7 Å². The minimum atomic E-state index is -0.358. The molecule has 0 spiro atoms. The highest BCUT2D eigenvalue weighted by Crippen LogP contribution is 2.23. The van der Waals surface area contributed by atoms with E-state index in [2.05, 4.69) is 28.6 Å². The van der Waals surface area contributed by atoms with Crippen LogP contribution in [-0.4, -0.2) is 74.3 Å². The van der Waals surface area contributed by atoms with Crippen LogP contribution in [0.3, 0.4) is 0 Å². The molecule has 1 aliphatic rings. The number of hydrogen-bond acceptors (Lipinski definition) is 6. The average Bonchev–Trinajstić information content (AvgIpc) is 3.37. The van der Waals surface area contributed by atoms with Gasteiger partial charge in [0.1, 0.15) is 0 Å². The third kappa shape index (κ3) is 6.12. The number of imidazole rings is 1. The molecule has 0 bridgehead atoms. The SMILES string of the molecule is CCCN(CCC)C(=C[N+](=O)[O-])N1CCC(N(C)C(=O)c2ccc(-n3ccnc3)cc2)CC1. The number of amides is 1. The molecule has 3 rings (SSSR count). The number of likely N-dealkylation sites (tertiary alicyclic amines) is 1. The summed E-state index contributed by atoms with van der Waals surface area (Å²) in [5.74, 6) is 0.677. The fourth-order valence-electron chi connectivity index (χ4n) is 4.38. The van der Waals surface area contributed by atoms with E-state index in [4.69, 9.17) is 0 Å². The molecule has 0 saturated carbocycles. The van der Waals surface area contributed by atoms with Crippen molar-refractivity contribution in [2.75, 3.05) is 33.2 Å². The third-order valence-corrected chi connectivity index (χ3v) is 6.11. The van der Waals surface area contributed by atoms with Crippen molar-refractivity contribution in [1.29, 1.82) is 0 Å². The van der Waals surface area contributed by atoms with Crippen molar-refractivity contribution in [3.05, 3.63) is 70.7 Å². The summed E-state index contributed by atoms with van der Waals surface area (Å²) in [5, 5.41) is 11.3. The largest absolute Gasteiger partial charge is 0.353 e. The van der Waals surface area contributed by atoms with E-state index in [9.17, 15) is 14.9 Å². The van der Waals surface area contributed by atoms with Crippen molar-refractivity contribution in [2.24, 2.45) is 0 Å². The Bertz CT molecular complexity index is 928. The third-order valence-electron chi connectivity index (χ3n) is 6.11. The summed E-state index contributed by atoms with van der Waals surface area (Å²) in [6.45, 7) is 7.13. The average molecular weight is 455 g/mol. The summed E-state index contributed by atoms with van der Waals surface area (Å²) in [6.07, 6.45) is 9.86. The highest BCUT2D eigenvalue weighted by atomic mass is 16.6. The van der Waals surface area contributed by atoms with Gasteiger partial charge in [-0.05, 0) is 49.9 Å². The van der Waals surface area contributed by atoms with Crippen LogP contribution in [0, 0.1) is 10.1 Å². The van der Waals surface area contributed by atoms with Gasteiger partial charge in [0.2, 0.25) is 0 Å². The Morgan fingerprint density at radius 2 is 1.82 bits per heavy atom. The molecule has 1 aromatic heterocycles. The van der Waals surface area contributed by atoms with Gasteiger partial charge in [-0.15, -0.1) is 0 Å². The van der Waals surface area contributed by atoms with Gasteiger partial charge in [-0.3, -0.25) is 14.9 Å². The minimum absolute atomic E-state index is 0.00900. The fourth-order valence-corrected chi connectivity index (χ4v) is 4.38. The smallest absolute Gasteiger partial charge is 0.274 e. The van der Waals surface area contributed by atoms with E-state index in [1.165, 1.54) is 0 Å². The minimum Gasteiger partial charge on any atom is -0.353 e. The van der Waals surface area contributed by atoms with Crippen LogP contribution in [-0.2, 0) is 0 Å². The van der Waals surface area contributed by atoms with Gasteiger partial charge in [-0.2, -0.15) is 0 Å². The molecule has 1 amide bonds. The van der Waals surface area contributed by atoms with E-state index >= 15 is 0 Å². The van der Waals surface area contributed by atoms with Crippen LogP contribution in [0.5, 0.6) is 0 Å². The lowest BCUT2D eigenvalue weighted by Crippen LogP contribution is -2.47. The lowest BCUT2D eigenvalue weighted by atomic mass is 10.0. The molecule has 1 aromatic carbocycles. The van der Waals surface area contributed by atoms with Gasteiger partial charge >= 0.3 is 0 Å². The maximum absolute atomic E-state index is 13.1. The van der Waals surface area contributed by atoms with Crippen LogP contribution in [0.25, 0.3) is 5.69 Å². The Morgan fingerprint density at radius 3 is 2.33 bits per heavy atom. The predicted molar refractivity (Wildman–Crippen MR) is 127 cm³/mol. The van der Waals surface area contributed by atoms with Crippen molar-refractivity contribution in [1.82, 2.24) is 24.3 Å². The number of nitrogens with zero attached hydrogens (tertiary/aromatic N) is 6. The van der Waals surface area contributed by atoms with Gasteiger partial charge in [0.05, 0.1) is 11.3 Å². The number of nitro groups is 1. The van der Waals surface area contributed by atoms with Crippen molar-refractivity contribution < 1.29 is 9.72 Å². The van der Waals surface area contributed by atoms with Crippen LogP contribution >= 0.6 is 0 Å². The molecule has 9 nitrogen and oxygen atoms in total. The number of rotatable bonds is 10. The highest BCUT2D eigenvalue weighted by molar-refractivity contribution is 5.94. The number of aromatic nitrogens is 2. The van der Waals surface area contributed by atoms with Crippen molar-refractivity contribution >= 4 is 5.91 Å². The quantitative estimate of drug-likeness (QED) is 0.403. The first kappa shape index (κ1) is 24.3. The first-order chi connectivity index (χ1) is 15.9. The van der Waals surface area contributed by atoms with Crippen LogP contribution in [0.4, 0.5) is 0 Å². The van der Waals surface area contributed by atoms with Crippen molar-refractivity contribution in [2.45, 2.75) is 45.6 Å². The first-order valence-corrected chi connectivity index (χ1v) is 11.6. The Hall–Kier alpha value is -3.36. The number of hydrogen-bond donors (Lipinski definition) is 0. The molecule has 33 heavy (non-hydrogen) atoms.